The van der Waals surface area contributed by atoms with Crippen LogP contribution in [0.2, 0.25) is 5.02 Å². The van der Waals surface area contributed by atoms with Gasteiger partial charge in [0.1, 0.15) is 11.5 Å². The molecule has 3 aromatic rings. The fourth-order valence-corrected chi connectivity index (χ4v) is 5.06. The van der Waals surface area contributed by atoms with Gasteiger partial charge in [-0.05, 0) is 42.0 Å². The van der Waals surface area contributed by atoms with Gasteiger partial charge in [-0.25, -0.2) is 0 Å². The second-order valence-corrected chi connectivity index (χ2v) is 9.35. The quantitative estimate of drug-likeness (QED) is 0.227. The third-order valence-electron chi connectivity index (χ3n) is 4.29. The first-order valence-electron chi connectivity index (χ1n) is 8.93. The maximum Gasteiger partial charge on any atom is 0.271 e. The van der Waals surface area contributed by atoms with Crippen LogP contribution >= 0.6 is 47.3 Å². The summed E-state index contributed by atoms with van der Waals surface area (Å²) in [5.74, 6) is 1.77. The van der Waals surface area contributed by atoms with Crippen molar-refractivity contribution in [3.63, 3.8) is 0 Å². The van der Waals surface area contributed by atoms with E-state index in [4.69, 9.17) is 33.0 Å². The zero-order chi connectivity index (χ0) is 21.1. The number of thiocarbonyl (C=S) groups is 1. The van der Waals surface area contributed by atoms with Crippen molar-refractivity contribution in [2.75, 3.05) is 12.0 Å². The SMILES string of the molecule is COc1ccccc1N1C(=O)/C(=C/c2ccc(SCc3ccc(Cl)cc3)o2)SC1=S. The number of furan rings is 1. The number of nitrogens with zero attached hydrogens (tertiary/aromatic N) is 1. The van der Waals surface area contributed by atoms with Crippen molar-refractivity contribution in [2.24, 2.45) is 0 Å². The van der Waals surface area contributed by atoms with Crippen LogP contribution in [0.1, 0.15) is 11.3 Å². The summed E-state index contributed by atoms with van der Waals surface area (Å²) in [6, 6.07) is 18.8. The highest BCUT2D eigenvalue weighted by Gasteiger charge is 2.35. The lowest BCUT2D eigenvalue weighted by atomic mass is 10.2. The van der Waals surface area contributed by atoms with E-state index in [0.29, 0.717) is 26.4 Å². The minimum atomic E-state index is -0.193. The van der Waals surface area contributed by atoms with Crippen LogP contribution in [0.25, 0.3) is 6.08 Å². The first kappa shape index (κ1) is 21.1. The molecule has 4 rings (SSSR count). The molecule has 1 aromatic heterocycles. The number of hydrogen-bond donors (Lipinski definition) is 0. The Morgan fingerprint density at radius 3 is 2.70 bits per heavy atom. The number of methoxy groups -OCH3 is 1. The number of halogens is 1. The Balaban J connectivity index is 1.48. The van der Waals surface area contributed by atoms with E-state index in [9.17, 15) is 4.79 Å². The Labute approximate surface area is 193 Å². The molecule has 4 nitrogen and oxygen atoms in total. The van der Waals surface area contributed by atoms with Gasteiger partial charge in [-0.15, -0.1) is 0 Å². The number of rotatable bonds is 6. The molecule has 0 bridgehead atoms. The molecule has 8 heteroatoms. The zero-order valence-electron chi connectivity index (χ0n) is 15.8. The number of thioether (sulfide) groups is 2. The number of ether oxygens (including phenoxy) is 1. The largest absolute Gasteiger partial charge is 0.495 e. The molecule has 0 atom stereocenters. The molecule has 0 unspecified atom stereocenters. The van der Waals surface area contributed by atoms with Crippen molar-refractivity contribution < 1.29 is 13.9 Å². The highest BCUT2D eigenvalue weighted by atomic mass is 35.5. The maximum atomic E-state index is 13.0. The second kappa shape index (κ2) is 9.31. The van der Waals surface area contributed by atoms with Crippen molar-refractivity contribution >= 4 is 69.3 Å². The van der Waals surface area contributed by atoms with Crippen LogP contribution in [-0.2, 0) is 10.5 Å². The molecule has 0 saturated carbocycles. The monoisotopic (exact) mass is 473 g/mol. The minimum Gasteiger partial charge on any atom is -0.495 e. The lowest BCUT2D eigenvalue weighted by molar-refractivity contribution is -0.113. The van der Waals surface area contributed by atoms with Crippen LogP contribution in [0.4, 0.5) is 5.69 Å². The van der Waals surface area contributed by atoms with Gasteiger partial charge >= 0.3 is 0 Å². The Morgan fingerprint density at radius 2 is 1.93 bits per heavy atom. The topological polar surface area (TPSA) is 42.7 Å². The predicted molar refractivity (Wildman–Crippen MR) is 128 cm³/mol. The van der Waals surface area contributed by atoms with Crippen molar-refractivity contribution in [3.05, 3.63) is 81.9 Å². The molecular formula is C22H16ClNO3S3. The third-order valence-corrected chi connectivity index (χ3v) is 6.83. The zero-order valence-corrected chi connectivity index (χ0v) is 19.0. The molecule has 152 valence electrons. The number of carbonyl (C=O) groups is 1. The summed E-state index contributed by atoms with van der Waals surface area (Å²) in [4.78, 5) is 15.0. The molecule has 1 aliphatic rings. The second-order valence-electron chi connectivity index (χ2n) is 6.26. The number of anilines is 1. The summed E-state index contributed by atoms with van der Waals surface area (Å²) in [5.41, 5.74) is 1.78. The molecule has 1 aliphatic heterocycles. The molecule has 0 radical (unpaired) electrons. The fourth-order valence-electron chi connectivity index (χ4n) is 2.84. The summed E-state index contributed by atoms with van der Waals surface area (Å²) in [6.07, 6.45) is 1.72. The van der Waals surface area contributed by atoms with Gasteiger partial charge in [-0.2, -0.15) is 0 Å². The van der Waals surface area contributed by atoms with Crippen LogP contribution in [0, 0.1) is 0 Å². The Bertz CT molecular complexity index is 1120. The molecule has 0 N–H and O–H groups in total. The molecular weight excluding hydrogens is 458 g/mol. The van der Waals surface area contributed by atoms with Crippen LogP contribution in [0.3, 0.4) is 0 Å². The summed E-state index contributed by atoms with van der Waals surface area (Å²) in [6.45, 7) is 0. The average Bonchev–Trinajstić information content (AvgIpc) is 3.31. The smallest absolute Gasteiger partial charge is 0.271 e. The van der Waals surface area contributed by atoms with E-state index in [-0.39, 0.29) is 5.91 Å². The van der Waals surface area contributed by atoms with Gasteiger partial charge in [0.15, 0.2) is 9.41 Å². The number of hydrogen-bond acceptors (Lipinski definition) is 6. The summed E-state index contributed by atoms with van der Waals surface area (Å²) in [5, 5.41) is 1.49. The number of amides is 1. The van der Waals surface area contributed by atoms with Gasteiger partial charge in [0, 0.05) is 16.9 Å². The normalized spacial score (nSPS) is 15.3. The molecule has 2 aromatic carbocycles. The van der Waals surface area contributed by atoms with Gasteiger partial charge in [0.05, 0.1) is 17.7 Å². The van der Waals surface area contributed by atoms with E-state index < -0.39 is 0 Å². The van der Waals surface area contributed by atoms with Gasteiger partial charge in [0.2, 0.25) is 0 Å². The molecule has 0 aliphatic carbocycles. The molecule has 30 heavy (non-hydrogen) atoms. The molecule has 1 saturated heterocycles. The summed E-state index contributed by atoms with van der Waals surface area (Å²) >= 11 is 14.2. The Kier molecular flexibility index (Phi) is 6.53. The van der Waals surface area contributed by atoms with E-state index in [2.05, 4.69) is 0 Å². The average molecular weight is 474 g/mol. The van der Waals surface area contributed by atoms with Gasteiger partial charge in [-0.3, -0.25) is 9.69 Å². The number of benzene rings is 2. The van der Waals surface area contributed by atoms with Crippen molar-refractivity contribution in [2.45, 2.75) is 10.8 Å². The van der Waals surface area contributed by atoms with Crippen molar-refractivity contribution in [1.29, 1.82) is 0 Å². The molecule has 0 spiro atoms. The van der Waals surface area contributed by atoms with Gasteiger partial charge in [0.25, 0.3) is 5.91 Å². The number of carbonyl (C=O) groups excluding carboxylic acids is 1. The first-order valence-corrected chi connectivity index (χ1v) is 11.5. The van der Waals surface area contributed by atoms with E-state index >= 15 is 0 Å². The van der Waals surface area contributed by atoms with Crippen LogP contribution in [0.5, 0.6) is 5.75 Å². The van der Waals surface area contributed by atoms with E-state index in [1.165, 1.54) is 16.7 Å². The summed E-state index contributed by atoms with van der Waals surface area (Å²) in [7, 11) is 1.57. The Morgan fingerprint density at radius 1 is 1.17 bits per heavy atom. The van der Waals surface area contributed by atoms with E-state index in [1.54, 1.807) is 31.0 Å². The predicted octanol–water partition coefficient (Wildman–Crippen LogP) is 6.64. The van der Waals surface area contributed by atoms with Crippen LogP contribution in [-0.4, -0.2) is 17.3 Å². The standard InChI is InChI=1S/C22H16ClNO3S3/c1-26-18-5-3-2-4-17(18)24-21(25)19(30-22(24)28)12-16-10-11-20(27-16)29-13-14-6-8-15(23)9-7-14/h2-12H,13H2,1H3/b19-12-. The molecule has 2 heterocycles. The highest BCUT2D eigenvalue weighted by Crippen LogP contribution is 2.40. The van der Waals surface area contributed by atoms with Crippen molar-refractivity contribution in [3.8, 4) is 5.75 Å². The lowest BCUT2D eigenvalue weighted by Gasteiger charge is -2.17. The number of para-hydroxylation sites is 2. The van der Waals surface area contributed by atoms with Crippen molar-refractivity contribution in [1.82, 2.24) is 0 Å². The van der Waals surface area contributed by atoms with Gasteiger partial charge < -0.3 is 9.15 Å². The Hall–Kier alpha value is -2.19. The van der Waals surface area contributed by atoms with E-state index in [0.717, 1.165) is 21.4 Å². The summed E-state index contributed by atoms with van der Waals surface area (Å²) < 4.78 is 11.7. The third kappa shape index (κ3) is 4.59. The van der Waals surface area contributed by atoms with E-state index in [1.807, 2.05) is 54.6 Å². The highest BCUT2D eigenvalue weighted by molar-refractivity contribution is 8.27. The van der Waals surface area contributed by atoms with Crippen LogP contribution in [0.15, 0.2) is 75.1 Å². The first-order chi connectivity index (χ1) is 14.5. The van der Waals surface area contributed by atoms with Gasteiger partial charge in [-0.1, -0.05) is 71.6 Å². The molecule has 1 fully saturated rings. The fraction of sp³-hybridized carbons (Fsp3) is 0.0909. The van der Waals surface area contributed by atoms with Crippen LogP contribution < -0.4 is 9.64 Å². The minimum absolute atomic E-state index is 0.193. The lowest BCUT2D eigenvalue weighted by Crippen LogP contribution is -2.27. The molecule has 1 amide bonds. The maximum absolute atomic E-state index is 13.0.